The van der Waals surface area contributed by atoms with Gasteiger partial charge in [-0.3, -0.25) is 14.6 Å². The van der Waals surface area contributed by atoms with Crippen molar-refractivity contribution in [1.29, 1.82) is 0 Å². The molecular weight excluding hydrogens is 534 g/mol. The molecule has 2 amide bonds. The van der Waals surface area contributed by atoms with Crippen LogP contribution in [0.2, 0.25) is 0 Å². The van der Waals surface area contributed by atoms with Crippen molar-refractivity contribution in [2.75, 3.05) is 17.2 Å². The van der Waals surface area contributed by atoms with E-state index in [1.54, 1.807) is 24.5 Å². The lowest BCUT2D eigenvalue weighted by Crippen LogP contribution is -2.21. The lowest BCUT2D eigenvalue weighted by molar-refractivity contribution is -0.123. The van der Waals surface area contributed by atoms with E-state index in [4.69, 9.17) is 4.74 Å². The van der Waals surface area contributed by atoms with Crippen LogP contribution in [0.1, 0.15) is 31.6 Å². The Hall–Kier alpha value is -4.57. The number of thiophene rings is 1. The molecule has 7 nitrogen and oxygen atoms in total. The number of hydrogen-bond donors (Lipinski definition) is 2. The van der Waals surface area contributed by atoms with E-state index in [0.29, 0.717) is 5.75 Å². The number of benzene rings is 2. The predicted molar refractivity (Wildman–Crippen MR) is 155 cm³/mol. The third-order valence-electron chi connectivity index (χ3n) is 5.74. The van der Waals surface area contributed by atoms with Crippen LogP contribution < -0.4 is 15.4 Å². The second-order valence-electron chi connectivity index (χ2n) is 8.87. The Labute approximate surface area is 234 Å². The minimum Gasteiger partial charge on any atom is -0.453 e. The van der Waals surface area contributed by atoms with E-state index >= 15 is 0 Å². The molecule has 0 bridgehead atoms. The molecule has 0 unspecified atom stereocenters. The number of rotatable bonds is 11. The summed E-state index contributed by atoms with van der Waals surface area (Å²) < 4.78 is 35.3. The number of amides is 2. The highest BCUT2D eigenvalue weighted by Crippen LogP contribution is 2.38. The fourth-order valence-electron chi connectivity index (χ4n) is 3.86. The SMILES string of the molecule is C=CN(/C=C(\C)c1cc2nccc(Oc3ccc(NC(=O)CC(=O)Nc4ccccc4F)cc3F)c2s1)CCC. The number of pyridine rings is 1. The van der Waals surface area contributed by atoms with E-state index in [9.17, 15) is 18.4 Å². The molecule has 40 heavy (non-hydrogen) atoms. The van der Waals surface area contributed by atoms with Gasteiger partial charge in [-0.15, -0.1) is 11.3 Å². The van der Waals surface area contributed by atoms with Gasteiger partial charge in [-0.2, -0.15) is 0 Å². The average molecular weight is 563 g/mol. The third-order valence-corrected chi connectivity index (χ3v) is 7.02. The number of fused-ring (bicyclic) bond motifs is 1. The van der Waals surface area contributed by atoms with Gasteiger partial charge in [0.25, 0.3) is 0 Å². The standard InChI is InChI=1S/C30H28F2N4O3S/c1-4-14-36(5-2)18-19(3)27-16-24-30(40-27)26(12-13-33-24)39-25-11-10-20(15-22(25)32)34-28(37)17-29(38)35-23-9-7-6-8-21(23)31/h5-13,15-16,18H,2,4,14,17H2,1,3H3,(H,34,37)(H,35,38)/b19-18+. The molecule has 0 fully saturated rings. The molecular formula is C30H28F2N4O3S. The van der Waals surface area contributed by atoms with Crippen molar-refractivity contribution >= 4 is 50.3 Å². The van der Waals surface area contributed by atoms with E-state index in [-0.39, 0.29) is 17.1 Å². The minimum absolute atomic E-state index is 0.0302. The Morgan fingerprint density at radius 3 is 2.55 bits per heavy atom. The van der Waals surface area contributed by atoms with Crippen LogP contribution in [0.3, 0.4) is 0 Å². The molecule has 2 aromatic carbocycles. The first-order valence-corrected chi connectivity index (χ1v) is 13.4. The molecule has 4 rings (SSSR count). The van der Waals surface area contributed by atoms with Crippen LogP contribution in [-0.4, -0.2) is 28.2 Å². The lowest BCUT2D eigenvalue weighted by atomic mass is 10.2. The van der Waals surface area contributed by atoms with Crippen LogP contribution in [-0.2, 0) is 9.59 Å². The molecule has 0 aliphatic rings. The topological polar surface area (TPSA) is 83.6 Å². The van der Waals surface area contributed by atoms with Crippen molar-refractivity contribution in [2.24, 2.45) is 0 Å². The molecule has 2 heterocycles. The number of para-hydroxylation sites is 1. The Morgan fingerprint density at radius 2 is 1.82 bits per heavy atom. The van der Waals surface area contributed by atoms with E-state index in [2.05, 4.69) is 29.1 Å². The normalized spacial score (nSPS) is 11.2. The second-order valence-corrected chi connectivity index (χ2v) is 9.92. The summed E-state index contributed by atoms with van der Waals surface area (Å²) in [5.74, 6) is -2.28. The summed E-state index contributed by atoms with van der Waals surface area (Å²) in [5, 5.41) is 4.80. The van der Waals surface area contributed by atoms with Crippen LogP contribution in [0.5, 0.6) is 11.5 Å². The second kappa shape index (κ2) is 13.0. The smallest absolute Gasteiger partial charge is 0.233 e. The molecule has 0 aliphatic carbocycles. The van der Waals surface area contributed by atoms with Crippen LogP contribution in [0.4, 0.5) is 20.2 Å². The van der Waals surface area contributed by atoms with Gasteiger partial charge in [0.15, 0.2) is 11.6 Å². The van der Waals surface area contributed by atoms with Crippen molar-refractivity contribution in [2.45, 2.75) is 26.7 Å². The van der Waals surface area contributed by atoms with Gasteiger partial charge in [-0.1, -0.05) is 25.6 Å². The van der Waals surface area contributed by atoms with Crippen molar-refractivity contribution in [3.63, 3.8) is 0 Å². The number of carbonyl (C=O) groups is 2. The zero-order valence-electron chi connectivity index (χ0n) is 22.0. The van der Waals surface area contributed by atoms with Crippen molar-refractivity contribution in [3.05, 3.63) is 96.3 Å². The molecule has 2 aromatic heterocycles. The summed E-state index contributed by atoms with van der Waals surface area (Å²) in [6.45, 7) is 8.82. The van der Waals surface area contributed by atoms with Gasteiger partial charge >= 0.3 is 0 Å². The maximum Gasteiger partial charge on any atom is 0.233 e. The van der Waals surface area contributed by atoms with E-state index in [0.717, 1.165) is 39.7 Å². The monoisotopic (exact) mass is 562 g/mol. The highest BCUT2D eigenvalue weighted by atomic mass is 32.1. The van der Waals surface area contributed by atoms with Gasteiger partial charge in [-0.25, -0.2) is 8.78 Å². The minimum atomic E-state index is -0.701. The molecule has 0 radical (unpaired) electrons. The Kier molecular flexibility index (Phi) is 9.23. The summed E-state index contributed by atoms with van der Waals surface area (Å²) in [5.41, 5.74) is 1.88. The quantitative estimate of drug-likeness (QED) is 0.184. The number of allylic oxidation sites excluding steroid dienone is 1. The molecule has 0 atom stereocenters. The van der Waals surface area contributed by atoms with Crippen molar-refractivity contribution < 1.29 is 23.1 Å². The number of anilines is 2. The van der Waals surface area contributed by atoms with Gasteiger partial charge in [0.05, 0.1) is 15.9 Å². The Morgan fingerprint density at radius 1 is 1.05 bits per heavy atom. The first kappa shape index (κ1) is 28.4. The zero-order valence-corrected chi connectivity index (χ0v) is 22.9. The lowest BCUT2D eigenvalue weighted by Gasteiger charge is -2.14. The summed E-state index contributed by atoms with van der Waals surface area (Å²) in [6, 6.07) is 13.2. The summed E-state index contributed by atoms with van der Waals surface area (Å²) in [6.07, 6.45) is 5.82. The Bertz CT molecular complexity index is 1580. The molecule has 4 aromatic rings. The first-order chi connectivity index (χ1) is 19.3. The molecule has 0 saturated heterocycles. The van der Waals surface area contributed by atoms with Crippen LogP contribution in [0.25, 0.3) is 15.8 Å². The summed E-state index contributed by atoms with van der Waals surface area (Å²) in [4.78, 5) is 31.8. The number of halogens is 2. The molecule has 10 heteroatoms. The predicted octanol–water partition coefficient (Wildman–Crippen LogP) is 7.55. The highest BCUT2D eigenvalue weighted by molar-refractivity contribution is 7.20. The van der Waals surface area contributed by atoms with Gasteiger partial charge < -0.3 is 20.3 Å². The molecule has 0 aliphatic heterocycles. The number of aromatic nitrogens is 1. The number of nitrogens with zero attached hydrogens (tertiary/aromatic N) is 2. The van der Waals surface area contributed by atoms with Crippen LogP contribution in [0, 0.1) is 11.6 Å². The zero-order chi connectivity index (χ0) is 28.6. The first-order valence-electron chi connectivity index (χ1n) is 12.5. The van der Waals surface area contributed by atoms with E-state index in [1.807, 2.05) is 24.1 Å². The van der Waals surface area contributed by atoms with Crippen LogP contribution in [0.15, 0.2) is 79.8 Å². The van der Waals surface area contributed by atoms with Gasteiger partial charge in [0.1, 0.15) is 18.0 Å². The summed E-state index contributed by atoms with van der Waals surface area (Å²) in [7, 11) is 0. The number of hydrogen-bond acceptors (Lipinski definition) is 6. The maximum atomic E-state index is 14.9. The van der Waals surface area contributed by atoms with Gasteiger partial charge in [0, 0.05) is 41.6 Å². The fraction of sp³-hybridized carbons (Fsp3) is 0.167. The average Bonchev–Trinajstić information content (AvgIpc) is 3.37. The van der Waals surface area contributed by atoms with Crippen molar-refractivity contribution in [1.82, 2.24) is 9.88 Å². The van der Waals surface area contributed by atoms with E-state index < -0.39 is 29.9 Å². The molecule has 2 N–H and O–H groups in total. The van der Waals surface area contributed by atoms with Gasteiger partial charge in [-0.05, 0) is 55.4 Å². The number of ether oxygens (including phenoxy) is 1. The molecule has 0 spiro atoms. The van der Waals surface area contributed by atoms with Crippen LogP contribution >= 0.6 is 11.3 Å². The Balaban J connectivity index is 1.44. The number of carbonyl (C=O) groups excluding carboxylic acids is 2. The third kappa shape index (κ3) is 7.09. The molecule has 206 valence electrons. The van der Waals surface area contributed by atoms with Crippen molar-refractivity contribution in [3.8, 4) is 11.5 Å². The van der Waals surface area contributed by atoms with E-state index in [1.165, 1.54) is 41.7 Å². The highest BCUT2D eigenvalue weighted by Gasteiger charge is 2.15. The largest absolute Gasteiger partial charge is 0.453 e. The van der Waals surface area contributed by atoms with Gasteiger partial charge in [0.2, 0.25) is 11.8 Å². The maximum absolute atomic E-state index is 14.9. The summed E-state index contributed by atoms with van der Waals surface area (Å²) >= 11 is 1.49. The number of nitrogens with one attached hydrogen (secondary N) is 2. The molecule has 0 saturated carbocycles. The fourth-order valence-corrected chi connectivity index (χ4v) is 4.89.